The lowest BCUT2D eigenvalue weighted by molar-refractivity contribution is -0.0405. The van der Waals surface area contributed by atoms with Crippen molar-refractivity contribution in [3.8, 4) is 0 Å². The van der Waals surface area contributed by atoms with Crippen LogP contribution in [-0.2, 0) is 4.74 Å². The number of carbonyl (C=O) groups excluding carboxylic acids is 1. The minimum absolute atomic E-state index is 0.0936. The van der Waals surface area contributed by atoms with Gasteiger partial charge in [-0.3, -0.25) is 0 Å². The van der Waals surface area contributed by atoms with Gasteiger partial charge in [0.15, 0.2) is 0 Å². The molecule has 0 bridgehead atoms. The summed E-state index contributed by atoms with van der Waals surface area (Å²) in [6, 6.07) is 6.81. The standard InChI is InChI=1S/C16H19ClN2O4/c1-10(15-7-11-6-12(17)2-3-14(11)23-15)18-16(21)19-4-5-22-13(8-19)9-20/h2-3,6-7,10,13,20H,4-5,8-9H2,1H3,(H,18,21). The summed E-state index contributed by atoms with van der Waals surface area (Å²) in [7, 11) is 0. The second-order valence-corrected chi connectivity index (χ2v) is 6.06. The van der Waals surface area contributed by atoms with Gasteiger partial charge >= 0.3 is 6.03 Å². The molecule has 0 radical (unpaired) electrons. The lowest BCUT2D eigenvalue weighted by Crippen LogP contribution is -2.50. The molecule has 1 aliphatic rings. The maximum atomic E-state index is 12.3. The molecule has 0 spiro atoms. The molecule has 2 unspecified atom stereocenters. The number of furan rings is 1. The summed E-state index contributed by atoms with van der Waals surface area (Å²) in [5.41, 5.74) is 0.734. The summed E-state index contributed by atoms with van der Waals surface area (Å²) in [6.45, 7) is 3.08. The normalized spacial score (nSPS) is 19.8. The third-order valence-corrected chi connectivity index (χ3v) is 4.13. The maximum absolute atomic E-state index is 12.3. The van der Waals surface area contributed by atoms with E-state index >= 15 is 0 Å². The number of carbonyl (C=O) groups is 1. The van der Waals surface area contributed by atoms with E-state index in [4.69, 9.17) is 25.9 Å². The molecule has 2 N–H and O–H groups in total. The van der Waals surface area contributed by atoms with Gasteiger partial charge in [0.25, 0.3) is 0 Å². The van der Waals surface area contributed by atoms with Crippen molar-refractivity contribution in [2.45, 2.75) is 19.1 Å². The Morgan fingerprint density at radius 3 is 3.13 bits per heavy atom. The van der Waals surface area contributed by atoms with E-state index in [0.29, 0.717) is 30.5 Å². The molecule has 2 atom stereocenters. The van der Waals surface area contributed by atoms with Gasteiger partial charge < -0.3 is 24.5 Å². The summed E-state index contributed by atoms with van der Waals surface area (Å²) < 4.78 is 11.1. The molecule has 7 heteroatoms. The van der Waals surface area contributed by atoms with Crippen LogP contribution in [0.25, 0.3) is 11.0 Å². The third-order valence-electron chi connectivity index (χ3n) is 3.89. The molecular weight excluding hydrogens is 320 g/mol. The van der Waals surface area contributed by atoms with Gasteiger partial charge in [0.05, 0.1) is 31.9 Å². The van der Waals surface area contributed by atoms with Crippen LogP contribution in [0.2, 0.25) is 5.02 Å². The highest BCUT2D eigenvalue weighted by molar-refractivity contribution is 6.31. The van der Waals surface area contributed by atoms with Crippen LogP contribution >= 0.6 is 11.6 Å². The average molecular weight is 339 g/mol. The molecule has 2 heterocycles. The zero-order valence-electron chi connectivity index (χ0n) is 12.8. The number of hydrogen-bond acceptors (Lipinski definition) is 4. The van der Waals surface area contributed by atoms with E-state index in [2.05, 4.69) is 5.32 Å². The van der Waals surface area contributed by atoms with E-state index in [1.807, 2.05) is 25.1 Å². The predicted molar refractivity (Wildman–Crippen MR) is 86.6 cm³/mol. The van der Waals surface area contributed by atoms with Crippen LogP contribution in [-0.4, -0.2) is 48.4 Å². The average Bonchev–Trinajstić information content (AvgIpc) is 2.98. The Hall–Kier alpha value is -1.76. The number of hydrogen-bond donors (Lipinski definition) is 2. The third kappa shape index (κ3) is 3.60. The summed E-state index contributed by atoms with van der Waals surface area (Å²) >= 11 is 5.97. The lowest BCUT2D eigenvalue weighted by atomic mass is 10.2. The molecule has 0 aliphatic carbocycles. The largest absolute Gasteiger partial charge is 0.459 e. The molecule has 3 rings (SSSR count). The molecule has 2 aromatic rings. The zero-order valence-corrected chi connectivity index (χ0v) is 13.5. The van der Waals surface area contributed by atoms with Crippen LogP contribution in [0.3, 0.4) is 0 Å². The van der Waals surface area contributed by atoms with Gasteiger partial charge in [-0.15, -0.1) is 0 Å². The van der Waals surface area contributed by atoms with Gasteiger partial charge in [-0.2, -0.15) is 0 Å². The smallest absolute Gasteiger partial charge is 0.318 e. The SMILES string of the molecule is CC(NC(=O)N1CCOC(CO)C1)c1cc2cc(Cl)ccc2o1. The van der Waals surface area contributed by atoms with Crippen LogP contribution in [0.5, 0.6) is 0 Å². The van der Waals surface area contributed by atoms with Crippen LogP contribution in [0.4, 0.5) is 4.79 Å². The Morgan fingerprint density at radius 1 is 1.52 bits per heavy atom. The number of morpholine rings is 1. The number of nitrogens with one attached hydrogen (secondary N) is 1. The molecule has 6 nitrogen and oxygen atoms in total. The van der Waals surface area contributed by atoms with Crippen molar-refractivity contribution in [2.75, 3.05) is 26.3 Å². The van der Waals surface area contributed by atoms with Crippen molar-refractivity contribution in [3.05, 3.63) is 35.0 Å². The second kappa shape index (κ2) is 6.78. The van der Waals surface area contributed by atoms with Gasteiger partial charge in [-0.25, -0.2) is 4.79 Å². The predicted octanol–water partition coefficient (Wildman–Crippen LogP) is 2.55. The first kappa shape index (κ1) is 16.1. The highest BCUT2D eigenvalue weighted by Gasteiger charge is 2.25. The minimum Gasteiger partial charge on any atom is -0.459 e. The van der Waals surface area contributed by atoms with Crippen LogP contribution < -0.4 is 5.32 Å². The number of fused-ring (bicyclic) bond motifs is 1. The Bertz CT molecular complexity index is 702. The van der Waals surface area contributed by atoms with E-state index in [-0.39, 0.29) is 24.8 Å². The molecule has 1 saturated heterocycles. The van der Waals surface area contributed by atoms with E-state index < -0.39 is 0 Å². The summed E-state index contributed by atoms with van der Waals surface area (Å²) in [5, 5.41) is 13.6. The van der Waals surface area contributed by atoms with E-state index in [9.17, 15) is 4.79 Å². The van der Waals surface area contributed by atoms with Gasteiger partial charge in [-0.1, -0.05) is 11.6 Å². The number of urea groups is 1. The number of nitrogens with zero attached hydrogens (tertiary/aromatic N) is 1. The molecule has 1 fully saturated rings. The van der Waals surface area contributed by atoms with E-state index in [1.165, 1.54) is 0 Å². The molecule has 2 amide bonds. The first-order valence-electron chi connectivity index (χ1n) is 7.53. The van der Waals surface area contributed by atoms with Crippen LogP contribution in [0, 0.1) is 0 Å². The molecule has 1 aliphatic heterocycles. The highest BCUT2D eigenvalue weighted by atomic mass is 35.5. The van der Waals surface area contributed by atoms with Crippen molar-refractivity contribution in [3.63, 3.8) is 0 Å². The molecule has 1 aromatic heterocycles. The maximum Gasteiger partial charge on any atom is 0.318 e. The number of rotatable bonds is 3. The molecule has 1 aromatic carbocycles. The lowest BCUT2D eigenvalue weighted by Gasteiger charge is -2.32. The van der Waals surface area contributed by atoms with Crippen molar-refractivity contribution in [2.24, 2.45) is 0 Å². The number of aliphatic hydroxyl groups excluding tert-OH is 1. The minimum atomic E-state index is -0.321. The summed E-state index contributed by atoms with van der Waals surface area (Å²) in [4.78, 5) is 14.0. The summed E-state index contributed by atoms with van der Waals surface area (Å²) in [6.07, 6.45) is -0.321. The number of amides is 2. The Balaban J connectivity index is 1.67. The fourth-order valence-electron chi connectivity index (χ4n) is 2.61. The molecular formula is C16H19ClN2O4. The van der Waals surface area contributed by atoms with Crippen LogP contribution in [0.15, 0.2) is 28.7 Å². The number of ether oxygens (including phenoxy) is 1. The zero-order chi connectivity index (χ0) is 16.4. The van der Waals surface area contributed by atoms with Crippen molar-refractivity contribution >= 4 is 28.6 Å². The van der Waals surface area contributed by atoms with Gasteiger partial charge in [0.1, 0.15) is 11.3 Å². The second-order valence-electron chi connectivity index (χ2n) is 5.62. The topological polar surface area (TPSA) is 74.9 Å². The van der Waals surface area contributed by atoms with Crippen molar-refractivity contribution < 1.29 is 19.1 Å². The fourth-order valence-corrected chi connectivity index (χ4v) is 2.79. The number of aliphatic hydroxyl groups is 1. The Kier molecular flexibility index (Phi) is 4.75. The number of halogens is 1. The first-order valence-corrected chi connectivity index (χ1v) is 7.91. The van der Waals surface area contributed by atoms with Crippen molar-refractivity contribution in [1.29, 1.82) is 0 Å². The Morgan fingerprint density at radius 2 is 2.35 bits per heavy atom. The van der Waals surface area contributed by atoms with Gasteiger partial charge in [0, 0.05) is 17.0 Å². The molecule has 23 heavy (non-hydrogen) atoms. The molecule has 124 valence electrons. The summed E-state index contributed by atoms with van der Waals surface area (Å²) in [5.74, 6) is 0.669. The van der Waals surface area contributed by atoms with Gasteiger partial charge in [0.2, 0.25) is 0 Å². The van der Waals surface area contributed by atoms with E-state index in [0.717, 1.165) is 11.0 Å². The van der Waals surface area contributed by atoms with Crippen molar-refractivity contribution in [1.82, 2.24) is 10.2 Å². The first-order chi connectivity index (χ1) is 11.1. The number of benzene rings is 1. The highest BCUT2D eigenvalue weighted by Crippen LogP contribution is 2.26. The fraction of sp³-hybridized carbons (Fsp3) is 0.438. The van der Waals surface area contributed by atoms with E-state index in [1.54, 1.807) is 11.0 Å². The van der Waals surface area contributed by atoms with Crippen LogP contribution in [0.1, 0.15) is 18.7 Å². The molecule has 0 saturated carbocycles. The quantitative estimate of drug-likeness (QED) is 0.902. The van der Waals surface area contributed by atoms with Gasteiger partial charge in [-0.05, 0) is 31.2 Å². The monoisotopic (exact) mass is 338 g/mol. The Labute approximate surface area is 139 Å².